The first kappa shape index (κ1) is 23.5. The molecule has 1 heterocycles. The Hall–Kier alpha value is -3.16. The Morgan fingerprint density at radius 3 is 2.06 bits per heavy atom. The van der Waals surface area contributed by atoms with Gasteiger partial charge >= 0.3 is 18.1 Å². The van der Waals surface area contributed by atoms with Gasteiger partial charge in [-0.15, -0.1) is 0 Å². The average Bonchev–Trinajstić information content (AvgIpc) is 2.69. The highest BCUT2D eigenvalue weighted by Crippen LogP contribution is 2.39. The molecule has 0 radical (unpaired) electrons. The number of carbonyl (C=O) groups is 2. The number of fused-ring (bicyclic) bond motifs is 3. The molecule has 0 aliphatic heterocycles. The van der Waals surface area contributed by atoms with Crippen molar-refractivity contribution in [3.05, 3.63) is 53.7 Å². The molecule has 0 amide bonds. The van der Waals surface area contributed by atoms with Gasteiger partial charge in [0.2, 0.25) is 0 Å². The van der Waals surface area contributed by atoms with Gasteiger partial charge in [0.25, 0.3) is 0 Å². The smallest absolute Gasteiger partial charge is 0.417 e. The largest absolute Gasteiger partial charge is 0.462 e. The third-order valence-corrected chi connectivity index (χ3v) is 4.82. The molecule has 3 aromatic rings. The van der Waals surface area contributed by atoms with Crippen molar-refractivity contribution in [2.45, 2.75) is 52.5 Å². The molecule has 0 saturated carbocycles. The molecule has 0 atom stereocenters. The number of nitrogens with zero attached hydrogens (tertiary/aromatic N) is 1. The lowest BCUT2D eigenvalue weighted by Gasteiger charge is -2.21. The first-order valence-corrected chi connectivity index (χ1v) is 10.3. The Morgan fingerprint density at radius 2 is 1.50 bits per heavy atom. The van der Waals surface area contributed by atoms with Gasteiger partial charge in [0.05, 0.1) is 23.3 Å². The SMILES string of the molecule is CC(C)OC(=O)C(Cc1cnc2c(ccc3ccccc32)c1C(F)(F)F)C(=O)OC(C)C. The Labute approximate surface area is 183 Å². The first-order chi connectivity index (χ1) is 15.0. The van der Waals surface area contributed by atoms with Crippen LogP contribution in [0.5, 0.6) is 0 Å². The zero-order chi connectivity index (χ0) is 23.6. The normalized spacial score (nSPS) is 12.2. The topological polar surface area (TPSA) is 65.5 Å². The molecular formula is C24H24F3NO4. The fourth-order valence-corrected chi connectivity index (χ4v) is 3.58. The maximum atomic E-state index is 14.2. The van der Waals surface area contributed by atoms with Crippen molar-refractivity contribution in [2.75, 3.05) is 0 Å². The van der Waals surface area contributed by atoms with E-state index in [1.54, 1.807) is 58.0 Å². The molecule has 1 aromatic heterocycles. The van der Waals surface area contributed by atoms with Crippen molar-refractivity contribution >= 4 is 33.6 Å². The zero-order valence-corrected chi connectivity index (χ0v) is 18.2. The predicted octanol–water partition coefficient (Wildman–Crippen LogP) is 5.47. The van der Waals surface area contributed by atoms with Gasteiger partial charge in [-0.25, -0.2) is 0 Å². The van der Waals surface area contributed by atoms with Gasteiger partial charge in [-0.1, -0.05) is 36.4 Å². The molecule has 0 unspecified atom stereocenters. The summed E-state index contributed by atoms with van der Waals surface area (Å²) >= 11 is 0. The van der Waals surface area contributed by atoms with Crippen LogP contribution in [0.25, 0.3) is 21.7 Å². The van der Waals surface area contributed by atoms with E-state index in [0.717, 1.165) is 11.6 Å². The number of halogens is 3. The standard InChI is InChI=1S/C24H24F3NO4/c1-13(2)31-22(29)19(23(30)32-14(3)4)11-16-12-28-21-17-8-6-5-7-15(17)9-10-18(21)20(16)24(25,26)27/h5-10,12-14,19H,11H2,1-4H3. The molecule has 170 valence electrons. The number of esters is 2. The molecule has 3 rings (SSSR count). The van der Waals surface area contributed by atoms with Crippen LogP contribution in [0.1, 0.15) is 38.8 Å². The van der Waals surface area contributed by atoms with Crippen molar-refractivity contribution in [3.63, 3.8) is 0 Å². The van der Waals surface area contributed by atoms with Crippen LogP contribution in [0.2, 0.25) is 0 Å². The number of alkyl halides is 3. The molecular weight excluding hydrogens is 423 g/mol. The van der Waals surface area contributed by atoms with E-state index in [9.17, 15) is 22.8 Å². The molecule has 0 saturated heterocycles. The molecule has 0 spiro atoms. The lowest BCUT2D eigenvalue weighted by atomic mass is 9.93. The molecule has 32 heavy (non-hydrogen) atoms. The van der Waals surface area contributed by atoms with Crippen molar-refractivity contribution in [2.24, 2.45) is 5.92 Å². The van der Waals surface area contributed by atoms with Crippen LogP contribution >= 0.6 is 0 Å². The van der Waals surface area contributed by atoms with Gasteiger partial charge in [-0.2, -0.15) is 13.2 Å². The van der Waals surface area contributed by atoms with E-state index in [-0.39, 0.29) is 16.5 Å². The number of hydrogen-bond acceptors (Lipinski definition) is 5. The van der Waals surface area contributed by atoms with Crippen LogP contribution in [0.15, 0.2) is 42.6 Å². The fourth-order valence-electron chi connectivity index (χ4n) is 3.58. The molecule has 0 fully saturated rings. The summed E-state index contributed by atoms with van der Waals surface area (Å²) in [5.41, 5.74) is -0.995. The number of ether oxygens (including phenoxy) is 2. The van der Waals surface area contributed by atoms with E-state index in [4.69, 9.17) is 9.47 Å². The quantitative estimate of drug-likeness (QED) is 0.285. The predicted molar refractivity (Wildman–Crippen MR) is 114 cm³/mol. The van der Waals surface area contributed by atoms with Gasteiger partial charge < -0.3 is 9.47 Å². The number of hydrogen-bond donors (Lipinski definition) is 0. The Balaban J connectivity index is 2.15. The third-order valence-electron chi connectivity index (χ3n) is 4.82. The van der Waals surface area contributed by atoms with E-state index < -0.39 is 48.2 Å². The average molecular weight is 447 g/mol. The number of carbonyl (C=O) groups excluding carboxylic acids is 2. The van der Waals surface area contributed by atoms with Gasteiger partial charge in [0, 0.05) is 17.0 Å². The van der Waals surface area contributed by atoms with Gasteiger partial charge in [0.1, 0.15) is 0 Å². The number of rotatable bonds is 6. The summed E-state index contributed by atoms with van der Waals surface area (Å²) in [6.07, 6.45) is -5.27. The van der Waals surface area contributed by atoms with Crippen LogP contribution in [-0.4, -0.2) is 29.1 Å². The van der Waals surface area contributed by atoms with Gasteiger partial charge in [-0.05, 0) is 45.1 Å². The van der Waals surface area contributed by atoms with Gasteiger partial charge in [-0.3, -0.25) is 14.6 Å². The van der Waals surface area contributed by atoms with Crippen molar-refractivity contribution in [1.82, 2.24) is 4.98 Å². The first-order valence-electron chi connectivity index (χ1n) is 10.3. The van der Waals surface area contributed by atoms with Crippen LogP contribution in [0.3, 0.4) is 0 Å². The summed E-state index contributed by atoms with van der Waals surface area (Å²) in [6.45, 7) is 6.36. The monoisotopic (exact) mass is 447 g/mol. The van der Waals surface area contributed by atoms with Crippen molar-refractivity contribution < 1.29 is 32.2 Å². The summed E-state index contributed by atoms with van der Waals surface area (Å²) in [6, 6.07) is 9.97. The van der Waals surface area contributed by atoms with E-state index in [1.165, 1.54) is 6.07 Å². The summed E-state index contributed by atoms with van der Waals surface area (Å²) in [5, 5.41) is 1.24. The highest BCUT2D eigenvalue weighted by Gasteiger charge is 2.39. The molecule has 0 N–H and O–H groups in total. The van der Waals surface area contributed by atoms with Gasteiger partial charge in [0.15, 0.2) is 5.92 Å². The number of aromatic nitrogens is 1. The molecule has 2 aromatic carbocycles. The third kappa shape index (κ3) is 5.00. The Bertz CT molecular complexity index is 1130. The lowest BCUT2D eigenvalue weighted by Crippen LogP contribution is -2.33. The molecule has 0 bridgehead atoms. The molecule has 0 aliphatic carbocycles. The van der Waals surface area contributed by atoms with Crippen LogP contribution < -0.4 is 0 Å². The summed E-state index contributed by atoms with van der Waals surface area (Å²) < 4.78 is 52.8. The van der Waals surface area contributed by atoms with E-state index >= 15 is 0 Å². The van der Waals surface area contributed by atoms with E-state index in [2.05, 4.69) is 4.98 Å². The Kier molecular flexibility index (Phi) is 6.71. The molecule has 5 nitrogen and oxygen atoms in total. The van der Waals surface area contributed by atoms with Crippen LogP contribution in [0.4, 0.5) is 13.2 Å². The number of pyridine rings is 1. The second kappa shape index (κ2) is 9.14. The van der Waals surface area contributed by atoms with Crippen molar-refractivity contribution in [3.8, 4) is 0 Å². The zero-order valence-electron chi connectivity index (χ0n) is 18.2. The molecule has 8 heteroatoms. The minimum atomic E-state index is -4.73. The van der Waals surface area contributed by atoms with Crippen LogP contribution in [0, 0.1) is 5.92 Å². The second-order valence-corrected chi connectivity index (χ2v) is 8.07. The van der Waals surface area contributed by atoms with Crippen LogP contribution in [-0.2, 0) is 31.7 Å². The lowest BCUT2D eigenvalue weighted by molar-refractivity contribution is -0.166. The maximum absolute atomic E-state index is 14.2. The number of benzene rings is 2. The summed E-state index contributed by atoms with van der Waals surface area (Å²) in [4.78, 5) is 29.4. The maximum Gasteiger partial charge on any atom is 0.417 e. The Morgan fingerprint density at radius 1 is 0.906 bits per heavy atom. The summed E-state index contributed by atoms with van der Waals surface area (Å²) in [7, 11) is 0. The minimum absolute atomic E-state index is 0.0955. The highest BCUT2D eigenvalue weighted by molar-refractivity contribution is 6.06. The van der Waals surface area contributed by atoms with Crippen molar-refractivity contribution in [1.29, 1.82) is 0 Å². The fraction of sp³-hybridized carbons (Fsp3) is 0.375. The second-order valence-electron chi connectivity index (χ2n) is 8.07. The highest BCUT2D eigenvalue weighted by atomic mass is 19.4. The van der Waals surface area contributed by atoms with E-state index in [1.807, 2.05) is 0 Å². The summed E-state index contributed by atoms with van der Waals surface area (Å²) in [5.74, 6) is -3.41. The minimum Gasteiger partial charge on any atom is -0.462 e. The van der Waals surface area contributed by atoms with E-state index in [0.29, 0.717) is 5.39 Å². The molecule has 0 aliphatic rings.